The Morgan fingerprint density at radius 2 is 2.17 bits per heavy atom. The van der Waals surface area contributed by atoms with Gasteiger partial charge in [-0.05, 0) is 12.1 Å². The van der Waals surface area contributed by atoms with Crippen molar-refractivity contribution < 1.29 is 13.5 Å². The molecule has 0 saturated carbocycles. The van der Waals surface area contributed by atoms with Crippen LogP contribution in [0, 0.1) is 11.3 Å². The van der Waals surface area contributed by atoms with Crippen LogP contribution in [-0.2, 0) is 6.61 Å². The van der Waals surface area contributed by atoms with Gasteiger partial charge >= 0.3 is 6.55 Å². The molecule has 2 aromatic rings. The zero-order valence-corrected chi connectivity index (χ0v) is 9.25. The van der Waals surface area contributed by atoms with Crippen LogP contribution >= 0.6 is 0 Å². The van der Waals surface area contributed by atoms with E-state index in [0.717, 1.165) is 4.57 Å². The molecule has 1 aromatic carbocycles. The molecule has 0 saturated heterocycles. The van der Waals surface area contributed by atoms with Gasteiger partial charge in [0.1, 0.15) is 18.4 Å². The van der Waals surface area contributed by atoms with Crippen molar-refractivity contribution in [3.05, 3.63) is 48.0 Å². The van der Waals surface area contributed by atoms with Gasteiger partial charge in [-0.1, -0.05) is 12.1 Å². The van der Waals surface area contributed by atoms with E-state index in [0.29, 0.717) is 11.3 Å². The van der Waals surface area contributed by atoms with Crippen molar-refractivity contribution in [2.75, 3.05) is 0 Å². The molecule has 0 amide bonds. The summed E-state index contributed by atoms with van der Waals surface area (Å²) < 4.78 is 31.1. The van der Waals surface area contributed by atoms with E-state index in [1.165, 1.54) is 12.4 Å². The van der Waals surface area contributed by atoms with E-state index >= 15 is 0 Å². The highest BCUT2D eigenvalue weighted by atomic mass is 19.3. The van der Waals surface area contributed by atoms with Gasteiger partial charge in [0, 0.05) is 12.4 Å². The summed E-state index contributed by atoms with van der Waals surface area (Å²) in [5.74, 6) is 0.460. The molecule has 6 heteroatoms. The minimum atomic E-state index is -2.66. The lowest BCUT2D eigenvalue weighted by molar-refractivity contribution is 0.0632. The number of para-hydroxylation sites is 1. The molecule has 0 aliphatic rings. The molecule has 4 nitrogen and oxygen atoms in total. The number of alkyl halides is 2. The summed E-state index contributed by atoms with van der Waals surface area (Å²) >= 11 is 0. The van der Waals surface area contributed by atoms with Crippen LogP contribution in [0.3, 0.4) is 0 Å². The third-order valence-electron chi connectivity index (χ3n) is 2.32. The average molecular weight is 249 g/mol. The molecular weight excluding hydrogens is 240 g/mol. The molecule has 92 valence electrons. The molecule has 0 N–H and O–H groups in total. The van der Waals surface area contributed by atoms with Gasteiger partial charge in [-0.2, -0.15) is 14.0 Å². The Labute approximate surface area is 102 Å². The lowest BCUT2D eigenvalue weighted by Crippen LogP contribution is -2.07. The van der Waals surface area contributed by atoms with E-state index in [2.05, 4.69) is 4.98 Å². The molecule has 0 spiro atoms. The van der Waals surface area contributed by atoms with Crippen molar-refractivity contribution in [2.45, 2.75) is 13.2 Å². The molecule has 1 aromatic heterocycles. The Morgan fingerprint density at radius 3 is 2.89 bits per heavy atom. The lowest BCUT2D eigenvalue weighted by Gasteiger charge is -2.09. The van der Waals surface area contributed by atoms with Crippen molar-refractivity contribution >= 4 is 0 Å². The number of imidazole rings is 1. The first-order valence-electron chi connectivity index (χ1n) is 5.14. The fourth-order valence-corrected chi connectivity index (χ4v) is 1.46. The van der Waals surface area contributed by atoms with Crippen LogP contribution in [0.1, 0.15) is 17.9 Å². The summed E-state index contributed by atoms with van der Waals surface area (Å²) in [4.78, 5) is 3.78. The monoisotopic (exact) mass is 249 g/mol. The number of halogens is 2. The maximum Gasteiger partial charge on any atom is 0.320 e. The number of ether oxygens (including phenoxy) is 1. The van der Waals surface area contributed by atoms with Crippen molar-refractivity contribution in [1.29, 1.82) is 5.26 Å². The average Bonchev–Trinajstić information content (AvgIpc) is 2.85. The highest BCUT2D eigenvalue weighted by Gasteiger charge is 2.12. The molecule has 0 atom stereocenters. The third kappa shape index (κ3) is 2.46. The Morgan fingerprint density at radius 1 is 1.39 bits per heavy atom. The van der Waals surface area contributed by atoms with Crippen LogP contribution in [0.15, 0.2) is 36.7 Å². The Balaban J connectivity index is 2.12. The molecule has 1 heterocycles. The second-order valence-corrected chi connectivity index (χ2v) is 3.43. The molecule has 0 bridgehead atoms. The number of benzene rings is 1. The van der Waals surface area contributed by atoms with Crippen molar-refractivity contribution in [3.63, 3.8) is 0 Å². The van der Waals surface area contributed by atoms with Crippen molar-refractivity contribution in [1.82, 2.24) is 9.55 Å². The third-order valence-corrected chi connectivity index (χ3v) is 2.32. The second-order valence-electron chi connectivity index (χ2n) is 3.43. The number of rotatable bonds is 4. The van der Waals surface area contributed by atoms with Gasteiger partial charge in [0.2, 0.25) is 0 Å². The predicted octanol–water partition coefficient (Wildman–Crippen LogP) is 2.73. The molecule has 0 radical (unpaired) electrons. The van der Waals surface area contributed by atoms with Gasteiger partial charge < -0.3 is 4.74 Å². The number of nitrogens with zero attached hydrogens (tertiary/aromatic N) is 3. The minimum absolute atomic E-state index is 0.109. The zero-order valence-electron chi connectivity index (χ0n) is 9.25. The normalized spacial score (nSPS) is 10.3. The smallest absolute Gasteiger partial charge is 0.320 e. The van der Waals surface area contributed by atoms with Gasteiger partial charge in [0.05, 0.1) is 5.56 Å². The van der Waals surface area contributed by atoms with Crippen LogP contribution < -0.4 is 4.74 Å². The van der Waals surface area contributed by atoms with Crippen LogP contribution in [0.2, 0.25) is 0 Å². The maximum absolute atomic E-state index is 12.5. The SMILES string of the molecule is N#Cc1ccccc1OCc1nccn1C(F)F. The lowest BCUT2D eigenvalue weighted by atomic mass is 10.2. The highest BCUT2D eigenvalue weighted by molar-refractivity contribution is 5.42. The molecule has 0 aliphatic heterocycles. The van der Waals surface area contributed by atoms with Crippen molar-refractivity contribution in [3.8, 4) is 11.8 Å². The van der Waals surface area contributed by atoms with Crippen LogP contribution in [-0.4, -0.2) is 9.55 Å². The number of nitriles is 1. The molecule has 0 fully saturated rings. The van der Waals surface area contributed by atoms with Crippen LogP contribution in [0.25, 0.3) is 0 Å². The van der Waals surface area contributed by atoms with Crippen LogP contribution in [0.5, 0.6) is 5.75 Å². The first kappa shape index (κ1) is 12.0. The fourth-order valence-electron chi connectivity index (χ4n) is 1.46. The van der Waals surface area contributed by atoms with E-state index in [-0.39, 0.29) is 12.4 Å². The summed E-state index contributed by atoms with van der Waals surface area (Å²) in [6.07, 6.45) is 2.46. The van der Waals surface area contributed by atoms with Gasteiger partial charge in [-0.15, -0.1) is 0 Å². The molecule has 2 rings (SSSR count). The number of aromatic nitrogens is 2. The van der Waals surface area contributed by atoms with Gasteiger partial charge in [-0.3, -0.25) is 4.57 Å². The summed E-state index contributed by atoms with van der Waals surface area (Å²) in [6.45, 7) is -2.77. The van der Waals surface area contributed by atoms with Gasteiger partial charge in [-0.25, -0.2) is 4.98 Å². The summed E-state index contributed by atoms with van der Waals surface area (Å²) in [5, 5.41) is 8.85. The molecule has 0 unspecified atom stereocenters. The largest absolute Gasteiger partial charge is 0.484 e. The van der Waals surface area contributed by atoms with E-state index in [1.807, 2.05) is 6.07 Å². The quantitative estimate of drug-likeness (QED) is 0.837. The predicted molar refractivity (Wildman–Crippen MR) is 59.0 cm³/mol. The van der Waals surface area contributed by atoms with Gasteiger partial charge in [0.25, 0.3) is 0 Å². The number of hydrogen-bond donors (Lipinski definition) is 0. The molecule has 18 heavy (non-hydrogen) atoms. The van der Waals surface area contributed by atoms with Crippen LogP contribution in [0.4, 0.5) is 8.78 Å². The molecule has 0 aliphatic carbocycles. The Bertz CT molecular complexity index is 575. The first-order chi connectivity index (χ1) is 8.72. The fraction of sp³-hybridized carbons (Fsp3) is 0.167. The minimum Gasteiger partial charge on any atom is -0.484 e. The summed E-state index contributed by atoms with van der Waals surface area (Å²) in [7, 11) is 0. The second kappa shape index (κ2) is 5.27. The van der Waals surface area contributed by atoms with E-state index in [1.54, 1.807) is 24.3 Å². The standard InChI is InChI=1S/C12H9F2N3O/c13-12(14)17-6-5-16-11(17)8-18-10-4-2-1-3-9(10)7-15/h1-6,12H,8H2. The Kier molecular flexibility index (Phi) is 3.53. The first-order valence-corrected chi connectivity index (χ1v) is 5.14. The number of hydrogen-bond acceptors (Lipinski definition) is 3. The van der Waals surface area contributed by atoms with Gasteiger partial charge in [0.15, 0.2) is 5.82 Å². The van der Waals surface area contributed by atoms with Crippen molar-refractivity contribution in [2.24, 2.45) is 0 Å². The highest BCUT2D eigenvalue weighted by Crippen LogP contribution is 2.19. The van der Waals surface area contributed by atoms with E-state index in [9.17, 15) is 8.78 Å². The zero-order chi connectivity index (χ0) is 13.0. The Hall–Kier alpha value is -2.42. The summed E-state index contributed by atoms with van der Waals surface area (Å²) in [5.41, 5.74) is 0.354. The van der Waals surface area contributed by atoms with E-state index < -0.39 is 6.55 Å². The maximum atomic E-state index is 12.5. The van der Waals surface area contributed by atoms with E-state index in [4.69, 9.17) is 10.00 Å². The molecular formula is C12H9F2N3O. The topological polar surface area (TPSA) is 50.8 Å². The summed E-state index contributed by atoms with van der Waals surface area (Å²) in [6, 6.07) is 8.56.